The van der Waals surface area contributed by atoms with Gasteiger partial charge in [0, 0.05) is 31.5 Å². The van der Waals surface area contributed by atoms with E-state index in [9.17, 15) is 9.59 Å². The van der Waals surface area contributed by atoms with Gasteiger partial charge in [0.1, 0.15) is 0 Å². The highest BCUT2D eigenvalue weighted by Gasteiger charge is 2.20. The Morgan fingerprint density at radius 1 is 1.45 bits per heavy atom. The third kappa shape index (κ3) is 4.91. The summed E-state index contributed by atoms with van der Waals surface area (Å²) < 4.78 is 1.74. The number of carboxylic acid groups (broad SMARTS) is 1. The van der Waals surface area contributed by atoms with E-state index >= 15 is 0 Å². The maximum atomic E-state index is 12.1. The summed E-state index contributed by atoms with van der Waals surface area (Å²) in [6.07, 6.45) is 3.51. The van der Waals surface area contributed by atoms with Gasteiger partial charge in [0.25, 0.3) is 0 Å². The van der Waals surface area contributed by atoms with E-state index in [4.69, 9.17) is 5.11 Å². The number of hydrogen-bond donors (Lipinski definition) is 2. The Morgan fingerprint density at radius 3 is 2.65 bits per heavy atom. The van der Waals surface area contributed by atoms with Gasteiger partial charge < -0.3 is 15.3 Å². The van der Waals surface area contributed by atoms with Crippen LogP contribution >= 0.6 is 0 Å². The number of carboxylic acids is 1. The summed E-state index contributed by atoms with van der Waals surface area (Å²) in [4.78, 5) is 24.4. The molecule has 0 saturated carbocycles. The molecule has 20 heavy (non-hydrogen) atoms. The van der Waals surface area contributed by atoms with Crippen LogP contribution in [0, 0.1) is 5.92 Å². The lowest BCUT2D eigenvalue weighted by Crippen LogP contribution is -2.47. The van der Waals surface area contributed by atoms with Gasteiger partial charge in [0.15, 0.2) is 0 Å². The Bertz CT molecular complexity index is 433. The lowest BCUT2D eigenvalue weighted by Gasteiger charge is -2.25. The fourth-order valence-electron chi connectivity index (χ4n) is 1.80. The predicted octanol–water partition coefficient (Wildman–Crippen LogP) is 1.02. The Labute approximate surface area is 118 Å². The monoisotopic (exact) mass is 282 g/mol. The van der Waals surface area contributed by atoms with Crippen LogP contribution in [0.5, 0.6) is 0 Å². The van der Waals surface area contributed by atoms with Crippen molar-refractivity contribution in [1.82, 2.24) is 20.0 Å². The smallest absolute Gasteiger partial charge is 0.317 e. The molecule has 2 amide bonds. The Hall–Kier alpha value is -2.05. The fourth-order valence-corrected chi connectivity index (χ4v) is 1.80. The molecule has 0 fully saturated rings. The standard InChI is InChI=1S/C13H22N4O3/c1-4-16(8-10(2)12(18)19)13(20)15-11(3)9-17-7-5-6-14-17/h5-7,10-11H,4,8-9H2,1-3H3,(H,15,20)(H,18,19). The van der Waals surface area contributed by atoms with E-state index in [0.29, 0.717) is 13.1 Å². The van der Waals surface area contributed by atoms with Crippen LogP contribution in [0.2, 0.25) is 0 Å². The summed E-state index contributed by atoms with van der Waals surface area (Å²) in [6, 6.07) is 1.48. The first-order valence-corrected chi connectivity index (χ1v) is 6.69. The van der Waals surface area contributed by atoms with Crippen LogP contribution in [-0.4, -0.2) is 50.9 Å². The van der Waals surface area contributed by atoms with E-state index in [-0.39, 0.29) is 18.6 Å². The Balaban J connectivity index is 2.47. The van der Waals surface area contributed by atoms with E-state index < -0.39 is 11.9 Å². The van der Waals surface area contributed by atoms with E-state index in [1.54, 1.807) is 17.8 Å². The molecule has 7 heteroatoms. The molecule has 0 spiro atoms. The zero-order valence-electron chi connectivity index (χ0n) is 12.1. The number of urea groups is 1. The first-order valence-electron chi connectivity index (χ1n) is 6.69. The van der Waals surface area contributed by atoms with Crippen LogP contribution in [0.1, 0.15) is 20.8 Å². The number of carbonyl (C=O) groups excluding carboxylic acids is 1. The van der Waals surface area contributed by atoms with Gasteiger partial charge in [-0.05, 0) is 19.9 Å². The van der Waals surface area contributed by atoms with Gasteiger partial charge in [-0.25, -0.2) is 4.79 Å². The lowest BCUT2D eigenvalue weighted by molar-refractivity contribution is -0.141. The Kier molecular flexibility index (Phi) is 6.02. The van der Waals surface area contributed by atoms with E-state index in [0.717, 1.165) is 0 Å². The van der Waals surface area contributed by atoms with Crippen molar-refractivity contribution in [2.24, 2.45) is 5.92 Å². The maximum Gasteiger partial charge on any atom is 0.317 e. The molecule has 1 aromatic heterocycles. The van der Waals surface area contributed by atoms with Crippen molar-refractivity contribution < 1.29 is 14.7 Å². The molecule has 1 aromatic rings. The van der Waals surface area contributed by atoms with Crippen molar-refractivity contribution in [2.75, 3.05) is 13.1 Å². The van der Waals surface area contributed by atoms with Crippen molar-refractivity contribution in [3.8, 4) is 0 Å². The van der Waals surface area contributed by atoms with Crippen LogP contribution in [0.3, 0.4) is 0 Å². The molecular weight excluding hydrogens is 260 g/mol. The number of aliphatic carboxylic acids is 1. The van der Waals surface area contributed by atoms with Crippen molar-refractivity contribution in [2.45, 2.75) is 33.4 Å². The van der Waals surface area contributed by atoms with Gasteiger partial charge >= 0.3 is 12.0 Å². The minimum absolute atomic E-state index is 0.0865. The first kappa shape index (κ1) is 16.0. The van der Waals surface area contributed by atoms with Gasteiger partial charge in [0.2, 0.25) is 0 Å². The largest absolute Gasteiger partial charge is 0.481 e. The van der Waals surface area contributed by atoms with Gasteiger partial charge in [-0.15, -0.1) is 0 Å². The summed E-state index contributed by atoms with van der Waals surface area (Å²) in [5.74, 6) is -1.48. The molecule has 2 unspecified atom stereocenters. The molecule has 0 aromatic carbocycles. The zero-order valence-corrected chi connectivity index (χ0v) is 12.1. The molecule has 0 bridgehead atoms. The van der Waals surface area contributed by atoms with Crippen LogP contribution in [0.4, 0.5) is 4.79 Å². The Morgan fingerprint density at radius 2 is 2.15 bits per heavy atom. The number of rotatable bonds is 7. The number of amides is 2. The molecule has 0 saturated heterocycles. The normalized spacial score (nSPS) is 13.6. The topological polar surface area (TPSA) is 87.5 Å². The molecule has 2 N–H and O–H groups in total. The number of hydrogen-bond acceptors (Lipinski definition) is 3. The molecule has 7 nitrogen and oxygen atoms in total. The van der Waals surface area contributed by atoms with Gasteiger partial charge in [-0.1, -0.05) is 6.92 Å². The van der Waals surface area contributed by atoms with Crippen molar-refractivity contribution in [3.05, 3.63) is 18.5 Å². The SMILES string of the molecule is CCN(CC(C)C(=O)O)C(=O)NC(C)Cn1cccn1. The van der Waals surface area contributed by atoms with Gasteiger partial charge in [-0.3, -0.25) is 9.48 Å². The van der Waals surface area contributed by atoms with Gasteiger partial charge in [-0.2, -0.15) is 5.10 Å². The minimum Gasteiger partial charge on any atom is -0.481 e. The second kappa shape index (κ2) is 7.52. The van der Waals surface area contributed by atoms with Crippen LogP contribution in [-0.2, 0) is 11.3 Å². The van der Waals surface area contributed by atoms with E-state index in [2.05, 4.69) is 10.4 Å². The maximum absolute atomic E-state index is 12.1. The first-order chi connectivity index (χ1) is 9.43. The lowest BCUT2D eigenvalue weighted by atomic mass is 10.2. The predicted molar refractivity (Wildman–Crippen MR) is 74.3 cm³/mol. The molecule has 0 aliphatic heterocycles. The number of nitrogens with zero attached hydrogens (tertiary/aromatic N) is 3. The number of carbonyl (C=O) groups is 2. The van der Waals surface area contributed by atoms with Crippen LogP contribution in [0.25, 0.3) is 0 Å². The highest BCUT2D eigenvalue weighted by atomic mass is 16.4. The van der Waals surface area contributed by atoms with Crippen LogP contribution < -0.4 is 5.32 Å². The summed E-state index contributed by atoms with van der Waals surface area (Å²) in [6.45, 7) is 6.54. The molecule has 0 aliphatic rings. The summed E-state index contributed by atoms with van der Waals surface area (Å²) in [5, 5.41) is 15.8. The minimum atomic E-state index is -0.902. The van der Waals surface area contributed by atoms with Crippen molar-refractivity contribution >= 4 is 12.0 Å². The highest BCUT2D eigenvalue weighted by Crippen LogP contribution is 2.01. The molecular formula is C13H22N4O3. The van der Waals surface area contributed by atoms with E-state index in [1.807, 2.05) is 26.1 Å². The van der Waals surface area contributed by atoms with E-state index in [1.165, 1.54) is 4.90 Å². The summed E-state index contributed by atoms with van der Waals surface area (Å²) in [5.41, 5.74) is 0. The number of aromatic nitrogens is 2. The molecule has 112 valence electrons. The van der Waals surface area contributed by atoms with Crippen LogP contribution in [0.15, 0.2) is 18.5 Å². The zero-order chi connectivity index (χ0) is 15.1. The second-order valence-corrected chi connectivity index (χ2v) is 4.86. The molecule has 0 aliphatic carbocycles. The number of nitrogens with one attached hydrogen (secondary N) is 1. The van der Waals surface area contributed by atoms with Crippen molar-refractivity contribution in [3.63, 3.8) is 0 Å². The average Bonchev–Trinajstić information content (AvgIpc) is 2.87. The molecule has 0 radical (unpaired) electrons. The summed E-state index contributed by atoms with van der Waals surface area (Å²) >= 11 is 0. The third-order valence-electron chi connectivity index (χ3n) is 2.97. The fraction of sp³-hybridized carbons (Fsp3) is 0.615. The highest BCUT2D eigenvalue weighted by molar-refractivity contribution is 5.76. The molecule has 1 heterocycles. The van der Waals surface area contributed by atoms with Gasteiger partial charge in [0.05, 0.1) is 12.5 Å². The summed E-state index contributed by atoms with van der Waals surface area (Å²) in [7, 11) is 0. The van der Waals surface area contributed by atoms with Crippen molar-refractivity contribution in [1.29, 1.82) is 0 Å². The third-order valence-corrected chi connectivity index (χ3v) is 2.97. The average molecular weight is 282 g/mol. The molecule has 1 rings (SSSR count). The molecule has 2 atom stereocenters. The second-order valence-electron chi connectivity index (χ2n) is 4.86. The quantitative estimate of drug-likeness (QED) is 0.781.